The van der Waals surface area contributed by atoms with E-state index in [0.29, 0.717) is 6.04 Å². The molecule has 0 saturated heterocycles. The highest BCUT2D eigenvalue weighted by molar-refractivity contribution is 7.07. The zero-order valence-electron chi connectivity index (χ0n) is 9.12. The van der Waals surface area contributed by atoms with Gasteiger partial charge in [-0.1, -0.05) is 0 Å². The van der Waals surface area contributed by atoms with Crippen molar-refractivity contribution in [3.63, 3.8) is 0 Å². The van der Waals surface area contributed by atoms with Gasteiger partial charge in [0.2, 0.25) is 0 Å². The number of ether oxygens (including phenoxy) is 1. The van der Waals surface area contributed by atoms with Crippen molar-refractivity contribution in [1.82, 2.24) is 5.32 Å². The lowest BCUT2D eigenvalue weighted by Crippen LogP contribution is -2.37. The molecule has 0 radical (unpaired) electrons. The van der Waals surface area contributed by atoms with E-state index in [2.05, 4.69) is 29.1 Å². The van der Waals surface area contributed by atoms with Crippen LogP contribution in [0.15, 0.2) is 16.8 Å². The van der Waals surface area contributed by atoms with Gasteiger partial charge < -0.3 is 10.1 Å². The summed E-state index contributed by atoms with van der Waals surface area (Å²) in [5.41, 5.74) is 1.43. The molecule has 1 N–H and O–H groups in total. The first kappa shape index (κ1) is 11.7. The number of likely N-dealkylation sites (N-methyl/N-ethyl adjacent to an activating group) is 1. The van der Waals surface area contributed by atoms with E-state index in [1.54, 1.807) is 18.4 Å². The van der Waals surface area contributed by atoms with Crippen molar-refractivity contribution in [2.24, 2.45) is 0 Å². The molecule has 0 aliphatic rings. The first-order chi connectivity index (χ1) is 6.77. The second-order valence-electron chi connectivity index (χ2n) is 3.51. The van der Waals surface area contributed by atoms with Crippen LogP contribution < -0.4 is 5.32 Å². The van der Waals surface area contributed by atoms with Crippen LogP contribution in [0.25, 0.3) is 0 Å². The molecule has 2 nitrogen and oxygen atoms in total. The van der Waals surface area contributed by atoms with Crippen LogP contribution in [-0.4, -0.2) is 26.3 Å². The Hall–Kier alpha value is -0.380. The van der Waals surface area contributed by atoms with Crippen molar-refractivity contribution in [1.29, 1.82) is 0 Å². The van der Waals surface area contributed by atoms with Gasteiger partial charge in [-0.05, 0) is 49.2 Å². The molecule has 3 heteroatoms. The summed E-state index contributed by atoms with van der Waals surface area (Å²) in [5.74, 6) is 0. The lowest BCUT2D eigenvalue weighted by molar-refractivity contribution is 0.0829. The van der Waals surface area contributed by atoms with Crippen LogP contribution in [0.2, 0.25) is 0 Å². The van der Waals surface area contributed by atoms with E-state index in [0.717, 1.165) is 12.8 Å². The molecule has 0 aliphatic heterocycles. The molecule has 1 aromatic heterocycles. The average Bonchev–Trinajstić information content (AvgIpc) is 2.71. The molecule has 0 fully saturated rings. The fourth-order valence-corrected chi connectivity index (χ4v) is 2.24. The van der Waals surface area contributed by atoms with Crippen LogP contribution in [0, 0.1) is 0 Å². The first-order valence-electron chi connectivity index (χ1n) is 4.99. The minimum atomic E-state index is 0.277. The summed E-state index contributed by atoms with van der Waals surface area (Å²) in [7, 11) is 3.76. The molecule has 1 aromatic rings. The van der Waals surface area contributed by atoms with Crippen molar-refractivity contribution in [2.45, 2.75) is 31.9 Å². The normalized spacial score (nSPS) is 15.4. The standard InChI is InChI=1S/C11H19NOS/c1-9(13-3)11(12-2)5-4-10-6-7-14-8-10/h6-9,11-12H,4-5H2,1-3H3. The molecule has 0 saturated carbocycles. The summed E-state index contributed by atoms with van der Waals surface area (Å²) in [6.07, 6.45) is 2.53. The van der Waals surface area contributed by atoms with Gasteiger partial charge in [0.05, 0.1) is 6.10 Å². The Balaban J connectivity index is 2.34. The number of thiophene rings is 1. The predicted molar refractivity (Wildman–Crippen MR) is 62.0 cm³/mol. The first-order valence-corrected chi connectivity index (χ1v) is 5.93. The zero-order valence-corrected chi connectivity index (χ0v) is 9.93. The molecule has 0 bridgehead atoms. The maximum atomic E-state index is 5.31. The zero-order chi connectivity index (χ0) is 10.4. The smallest absolute Gasteiger partial charge is 0.0696 e. The van der Waals surface area contributed by atoms with Crippen LogP contribution in [0.1, 0.15) is 18.9 Å². The van der Waals surface area contributed by atoms with E-state index in [1.165, 1.54) is 5.56 Å². The average molecular weight is 213 g/mol. The molecular formula is C11H19NOS. The second-order valence-corrected chi connectivity index (χ2v) is 4.29. The van der Waals surface area contributed by atoms with Gasteiger partial charge in [-0.3, -0.25) is 0 Å². The summed E-state index contributed by atoms with van der Waals surface area (Å²) in [4.78, 5) is 0. The van der Waals surface area contributed by atoms with E-state index >= 15 is 0 Å². The number of aryl methyl sites for hydroxylation is 1. The molecule has 0 aliphatic carbocycles. The highest BCUT2D eigenvalue weighted by Gasteiger charge is 2.14. The van der Waals surface area contributed by atoms with E-state index in [1.807, 2.05) is 7.05 Å². The van der Waals surface area contributed by atoms with Crippen LogP contribution in [-0.2, 0) is 11.2 Å². The second kappa shape index (κ2) is 6.17. The topological polar surface area (TPSA) is 21.3 Å². The van der Waals surface area contributed by atoms with Gasteiger partial charge in [-0.15, -0.1) is 0 Å². The van der Waals surface area contributed by atoms with Crippen LogP contribution in [0.4, 0.5) is 0 Å². The molecule has 1 rings (SSSR count). The number of nitrogens with one attached hydrogen (secondary N) is 1. The molecule has 0 amide bonds. The van der Waals surface area contributed by atoms with E-state index in [9.17, 15) is 0 Å². The van der Waals surface area contributed by atoms with Crippen molar-refractivity contribution in [3.05, 3.63) is 22.4 Å². The van der Waals surface area contributed by atoms with Gasteiger partial charge in [0.15, 0.2) is 0 Å². The Kier molecular flexibility index (Phi) is 5.15. The van der Waals surface area contributed by atoms with Gasteiger partial charge in [0, 0.05) is 13.2 Å². The Bertz CT molecular complexity index is 235. The number of rotatable bonds is 6. The van der Waals surface area contributed by atoms with Crippen molar-refractivity contribution in [2.75, 3.05) is 14.2 Å². The van der Waals surface area contributed by atoms with E-state index in [4.69, 9.17) is 4.74 Å². The fraction of sp³-hybridized carbons (Fsp3) is 0.636. The fourth-order valence-electron chi connectivity index (χ4n) is 1.54. The van der Waals surface area contributed by atoms with Crippen LogP contribution in [0.3, 0.4) is 0 Å². The summed E-state index contributed by atoms with van der Waals surface area (Å²) in [5, 5.41) is 7.63. The third kappa shape index (κ3) is 3.40. The molecule has 0 aromatic carbocycles. The van der Waals surface area contributed by atoms with Crippen molar-refractivity contribution in [3.8, 4) is 0 Å². The minimum absolute atomic E-state index is 0.277. The van der Waals surface area contributed by atoms with Crippen LogP contribution >= 0.6 is 11.3 Å². The van der Waals surface area contributed by atoms with E-state index < -0.39 is 0 Å². The number of hydrogen-bond donors (Lipinski definition) is 1. The van der Waals surface area contributed by atoms with Gasteiger partial charge in [0.1, 0.15) is 0 Å². The van der Waals surface area contributed by atoms with Gasteiger partial charge in [0.25, 0.3) is 0 Å². The van der Waals surface area contributed by atoms with E-state index in [-0.39, 0.29) is 6.10 Å². The third-order valence-corrected chi connectivity index (χ3v) is 3.37. The minimum Gasteiger partial charge on any atom is -0.380 e. The monoisotopic (exact) mass is 213 g/mol. The Morgan fingerprint density at radius 3 is 2.86 bits per heavy atom. The summed E-state index contributed by atoms with van der Waals surface area (Å²) in [6, 6.07) is 2.63. The molecule has 0 spiro atoms. The lowest BCUT2D eigenvalue weighted by atomic mass is 10.0. The van der Waals surface area contributed by atoms with Crippen molar-refractivity contribution >= 4 is 11.3 Å². The molecular weight excluding hydrogens is 194 g/mol. The molecule has 1 heterocycles. The summed E-state index contributed by atoms with van der Waals surface area (Å²) >= 11 is 1.76. The maximum absolute atomic E-state index is 5.31. The lowest BCUT2D eigenvalue weighted by Gasteiger charge is -2.21. The molecule has 14 heavy (non-hydrogen) atoms. The van der Waals surface area contributed by atoms with Gasteiger partial charge in [-0.25, -0.2) is 0 Å². The highest BCUT2D eigenvalue weighted by Crippen LogP contribution is 2.11. The molecule has 2 unspecified atom stereocenters. The quantitative estimate of drug-likeness (QED) is 0.783. The third-order valence-electron chi connectivity index (χ3n) is 2.63. The van der Waals surface area contributed by atoms with Crippen LogP contribution in [0.5, 0.6) is 0 Å². The Morgan fingerprint density at radius 1 is 1.57 bits per heavy atom. The number of hydrogen-bond acceptors (Lipinski definition) is 3. The SMILES string of the molecule is CNC(CCc1ccsc1)C(C)OC. The summed E-state index contributed by atoms with van der Waals surface area (Å²) < 4.78 is 5.31. The van der Waals surface area contributed by atoms with Gasteiger partial charge in [-0.2, -0.15) is 11.3 Å². The maximum Gasteiger partial charge on any atom is 0.0696 e. The highest BCUT2D eigenvalue weighted by atomic mass is 32.1. The Morgan fingerprint density at radius 2 is 2.36 bits per heavy atom. The Labute approximate surface area is 90.3 Å². The largest absolute Gasteiger partial charge is 0.380 e. The predicted octanol–water partition coefficient (Wildman–Crippen LogP) is 2.30. The van der Waals surface area contributed by atoms with Gasteiger partial charge >= 0.3 is 0 Å². The molecule has 2 atom stereocenters. The number of methoxy groups -OCH3 is 1. The summed E-state index contributed by atoms with van der Waals surface area (Å²) in [6.45, 7) is 2.11. The molecule has 80 valence electrons. The van der Waals surface area contributed by atoms with Crippen molar-refractivity contribution < 1.29 is 4.74 Å².